The van der Waals surface area contributed by atoms with Gasteiger partial charge in [0.1, 0.15) is 0 Å². The Kier molecular flexibility index (Phi) is 4.47. The molecule has 0 unspecified atom stereocenters. The van der Waals surface area contributed by atoms with Crippen LogP contribution >= 0.6 is 0 Å². The molecule has 0 atom stereocenters. The number of hydrogen-bond donors (Lipinski definition) is 2. The van der Waals surface area contributed by atoms with Crippen molar-refractivity contribution in [2.24, 2.45) is 0 Å². The van der Waals surface area contributed by atoms with Crippen molar-refractivity contribution >= 4 is 17.6 Å². The molecule has 0 saturated carbocycles. The van der Waals surface area contributed by atoms with E-state index in [1.807, 2.05) is 0 Å². The van der Waals surface area contributed by atoms with Gasteiger partial charge in [0.05, 0.1) is 31.4 Å². The Bertz CT molecular complexity index is 389. The molecule has 1 aromatic rings. The molecule has 1 rings (SSSR count). The lowest BCUT2D eigenvalue weighted by Crippen LogP contribution is -2.16. The highest BCUT2D eigenvalue weighted by molar-refractivity contribution is 6.01. The molecule has 16 heavy (non-hydrogen) atoms. The van der Waals surface area contributed by atoms with Gasteiger partial charge in [-0.05, 0) is 12.1 Å². The highest BCUT2D eigenvalue weighted by atomic mass is 16.5. The van der Waals surface area contributed by atoms with E-state index in [1.165, 1.54) is 7.11 Å². The topological polar surface area (TPSA) is 75.6 Å². The van der Waals surface area contributed by atoms with Crippen LogP contribution in [0, 0.1) is 0 Å². The first-order chi connectivity index (χ1) is 7.69. The number of esters is 1. The quantitative estimate of drug-likeness (QED) is 0.740. The predicted molar refractivity (Wildman–Crippen MR) is 58.1 cm³/mol. The highest BCUT2D eigenvalue weighted by Gasteiger charge is 2.12. The standard InChI is InChI=1S/C11H13NO4/c1-16-11(15)8-4-2-3-5-9(8)12-10(14)6-7-13/h2-5,13H,6-7H2,1H3,(H,12,14). The van der Waals surface area contributed by atoms with Gasteiger partial charge in [0.15, 0.2) is 0 Å². The average molecular weight is 223 g/mol. The van der Waals surface area contributed by atoms with Gasteiger partial charge in [-0.3, -0.25) is 4.79 Å². The molecule has 1 aromatic carbocycles. The molecule has 0 heterocycles. The molecule has 86 valence electrons. The Hall–Kier alpha value is -1.88. The fraction of sp³-hybridized carbons (Fsp3) is 0.273. The van der Waals surface area contributed by atoms with Gasteiger partial charge >= 0.3 is 5.97 Å². The third kappa shape index (κ3) is 3.06. The number of carbonyl (C=O) groups excluding carboxylic acids is 2. The van der Waals surface area contributed by atoms with E-state index >= 15 is 0 Å². The van der Waals surface area contributed by atoms with Gasteiger partial charge in [0, 0.05) is 0 Å². The molecule has 0 saturated heterocycles. The van der Waals surface area contributed by atoms with Gasteiger partial charge in [-0.25, -0.2) is 4.79 Å². The lowest BCUT2D eigenvalue weighted by atomic mass is 10.2. The number of aliphatic hydroxyl groups is 1. The van der Waals surface area contributed by atoms with E-state index in [2.05, 4.69) is 10.1 Å². The van der Waals surface area contributed by atoms with E-state index in [0.29, 0.717) is 5.69 Å². The van der Waals surface area contributed by atoms with E-state index in [4.69, 9.17) is 5.11 Å². The van der Waals surface area contributed by atoms with E-state index < -0.39 is 5.97 Å². The maximum atomic E-state index is 11.4. The molecule has 0 radical (unpaired) electrons. The van der Waals surface area contributed by atoms with Crippen LogP contribution in [0.2, 0.25) is 0 Å². The van der Waals surface area contributed by atoms with Gasteiger partial charge in [-0.15, -0.1) is 0 Å². The third-order valence-electron chi connectivity index (χ3n) is 1.95. The van der Waals surface area contributed by atoms with Crippen LogP contribution in [0.4, 0.5) is 5.69 Å². The van der Waals surface area contributed by atoms with Crippen LogP contribution in [0.15, 0.2) is 24.3 Å². The fourth-order valence-electron chi connectivity index (χ4n) is 1.19. The normalized spacial score (nSPS) is 9.62. The second kappa shape index (κ2) is 5.87. The summed E-state index contributed by atoms with van der Waals surface area (Å²) < 4.78 is 4.58. The zero-order chi connectivity index (χ0) is 12.0. The van der Waals surface area contributed by atoms with Crippen LogP contribution < -0.4 is 5.32 Å². The Balaban J connectivity index is 2.87. The third-order valence-corrected chi connectivity index (χ3v) is 1.95. The summed E-state index contributed by atoms with van der Waals surface area (Å²) in [7, 11) is 1.27. The second-order valence-electron chi connectivity index (χ2n) is 3.06. The number of nitrogens with one attached hydrogen (secondary N) is 1. The number of para-hydroxylation sites is 1. The minimum Gasteiger partial charge on any atom is -0.465 e. The first kappa shape index (κ1) is 12.2. The summed E-state index contributed by atoms with van der Waals surface area (Å²) in [5.41, 5.74) is 0.670. The highest BCUT2D eigenvalue weighted by Crippen LogP contribution is 2.15. The summed E-state index contributed by atoms with van der Waals surface area (Å²) in [6.45, 7) is -0.230. The van der Waals surface area contributed by atoms with Crippen molar-refractivity contribution in [3.05, 3.63) is 29.8 Å². The molecule has 5 nitrogen and oxygen atoms in total. The Morgan fingerprint density at radius 1 is 1.38 bits per heavy atom. The summed E-state index contributed by atoms with van der Waals surface area (Å²) in [5.74, 6) is -0.862. The van der Waals surface area contributed by atoms with Crippen molar-refractivity contribution < 1.29 is 19.4 Å². The maximum absolute atomic E-state index is 11.4. The van der Waals surface area contributed by atoms with Crippen LogP contribution in [-0.4, -0.2) is 30.7 Å². The number of amides is 1. The van der Waals surface area contributed by atoms with Crippen LogP contribution in [0.1, 0.15) is 16.8 Å². The number of ether oxygens (including phenoxy) is 1. The molecule has 0 aliphatic carbocycles. The molecule has 0 aromatic heterocycles. The van der Waals surface area contributed by atoms with Crippen LogP contribution in [0.5, 0.6) is 0 Å². The molecular weight excluding hydrogens is 210 g/mol. The lowest BCUT2D eigenvalue weighted by Gasteiger charge is -2.08. The fourth-order valence-corrected chi connectivity index (χ4v) is 1.19. The first-order valence-corrected chi connectivity index (χ1v) is 4.77. The van der Waals surface area contributed by atoms with Gasteiger partial charge in [0.25, 0.3) is 0 Å². The van der Waals surface area contributed by atoms with E-state index in [0.717, 1.165) is 0 Å². The predicted octanol–water partition coefficient (Wildman–Crippen LogP) is 0.794. The molecule has 5 heteroatoms. The van der Waals surface area contributed by atoms with Crippen molar-refractivity contribution in [2.75, 3.05) is 19.0 Å². The van der Waals surface area contributed by atoms with Gasteiger partial charge in [-0.1, -0.05) is 12.1 Å². The van der Waals surface area contributed by atoms with Crippen molar-refractivity contribution in [3.8, 4) is 0 Å². The van der Waals surface area contributed by atoms with E-state index in [9.17, 15) is 9.59 Å². The summed E-state index contributed by atoms with van der Waals surface area (Å²) in [4.78, 5) is 22.6. The Labute approximate surface area is 93.0 Å². The zero-order valence-corrected chi connectivity index (χ0v) is 8.90. The van der Waals surface area contributed by atoms with E-state index in [-0.39, 0.29) is 24.5 Å². The lowest BCUT2D eigenvalue weighted by molar-refractivity contribution is -0.116. The summed E-state index contributed by atoms with van der Waals surface area (Å²) in [5, 5.41) is 11.1. The van der Waals surface area contributed by atoms with Gasteiger partial charge < -0.3 is 15.2 Å². The second-order valence-corrected chi connectivity index (χ2v) is 3.06. The molecule has 2 N–H and O–H groups in total. The van der Waals surface area contributed by atoms with Gasteiger partial charge in [0.2, 0.25) is 5.91 Å². The number of carbonyl (C=O) groups is 2. The number of hydrogen-bond acceptors (Lipinski definition) is 4. The minimum absolute atomic E-state index is 0.00446. The summed E-state index contributed by atoms with van der Waals surface area (Å²) in [6, 6.07) is 6.52. The van der Waals surface area contributed by atoms with E-state index in [1.54, 1.807) is 24.3 Å². The summed E-state index contributed by atoms with van der Waals surface area (Å²) >= 11 is 0. The average Bonchev–Trinajstić information content (AvgIpc) is 2.29. The minimum atomic E-state index is -0.514. The van der Waals surface area contributed by atoms with Gasteiger partial charge in [-0.2, -0.15) is 0 Å². The number of benzene rings is 1. The Morgan fingerprint density at radius 2 is 2.06 bits per heavy atom. The number of methoxy groups -OCH3 is 1. The maximum Gasteiger partial charge on any atom is 0.339 e. The number of aliphatic hydroxyl groups excluding tert-OH is 1. The molecule has 0 bridgehead atoms. The molecular formula is C11H13NO4. The van der Waals surface area contributed by atoms with Crippen molar-refractivity contribution in [2.45, 2.75) is 6.42 Å². The van der Waals surface area contributed by atoms with Crippen LogP contribution in [0.25, 0.3) is 0 Å². The van der Waals surface area contributed by atoms with Crippen LogP contribution in [0.3, 0.4) is 0 Å². The molecule has 0 spiro atoms. The Morgan fingerprint density at radius 3 is 2.69 bits per heavy atom. The molecule has 0 aliphatic heterocycles. The van der Waals surface area contributed by atoms with Crippen molar-refractivity contribution in [1.82, 2.24) is 0 Å². The van der Waals surface area contributed by atoms with Crippen molar-refractivity contribution in [3.63, 3.8) is 0 Å². The van der Waals surface area contributed by atoms with Crippen LogP contribution in [-0.2, 0) is 9.53 Å². The number of rotatable bonds is 4. The largest absolute Gasteiger partial charge is 0.465 e. The monoisotopic (exact) mass is 223 g/mol. The zero-order valence-electron chi connectivity index (χ0n) is 8.90. The number of anilines is 1. The molecule has 0 aliphatic rings. The van der Waals surface area contributed by atoms with Crippen molar-refractivity contribution in [1.29, 1.82) is 0 Å². The molecule has 1 amide bonds. The smallest absolute Gasteiger partial charge is 0.339 e. The molecule has 0 fully saturated rings. The first-order valence-electron chi connectivity index (χ1n) is 4.77. The SMILES string of the molecule is COC(=O)c1ccccc1NC(=O)CCO. The summed E-state index contributed by atoms with van der Waals surface area (Å²) in [6.07, 6.45) is -0.00446.